The normalized spacial score (nSPS) is 11.3. The molecule has 0 radical (unpaired) electrons. The Balaban J connectivity index is 2.70. The Kier molecular flexibility index (Phi) is 5.64. The van der Waals surface area contributed by atoms with Crippen molar-refractivity contribution in [3.8, 4) is 0 Å². The molecule has 0 aromatic heterocycles. The van der Waals surface area contributed by atoms with E-state index in [1.54, 1.807) is 17.0 Å². The Labute approximate surface area is 114 Å². The molecule has 0 heterocycles. The van der Waals surface area contributed by atoms with Crippen molar-refractivity contribution in [2.45, 2.75) is 13.3 Å². The van der Waals surface area contributed by atoms with Crippen molar-refractivity contribution in [3.05, 3.63) is 34.3 Å². The van der Waals surface area contributed by atoms with E-state index >= 15 is 0 Å². The summed E-state index contributed by atoms with van der Waals surface area (Å²) in [5.41, 5.74) is 6.02. The van der Waals surface area contributed by atoms with Crippen LogP contribution in [0.3, 0.4) is 0 Å². The lowest BCUT2D eigenvalue weighted by molar-refractivity contribution is 0.0768. The summed E-state index contributed by atoms with van der Waals surface area (Å²) in [5, 5.41) is 11.3. The van der Waals surface area contributed by atoms with Crippen LogP contribution in [0.2, 0.25) is 0 Å². The standard InChI is InChI=1S/C12H16BrN3O2/c1-2-16(8-7-11(14)15-18)12(17)9-3-5-10(13)6-4-9/h3-6,18H,2,7-8H2,1H3,(H2,14,15). The number of hydrogen-bond acceptors (Lipinski definition) is 3. The molecule has 0 aliphatic heterocycles. The maximum atomic E-state index is 12.2. The predicted molar refractivity (Wildman–Crippen MR) is 73.7 cm³/mol. The molecule has 98 valence electrons. The fraction of sp³-hybridized carbons (Fsp3) is 0.333. The maximum absolute atomic E-state index is 12.2. The minimum Gasteiger partial charge on any atom is -0.409 e. The molecule has 0 aliphatic rings. The van der Waals surface area contributed by atoms with Gasteiger partial charge in [0.05, 0.1) is 0 Å². The summed E-state index contributed by atoms with van der Waals surface area (Å²) in [7, 11) is 0. The molecular weight excluding hydrogens is 298 g/mol. The fourth-order valence-electron chi connectivity index (χ4n) is 1.48. The van der Waals surface area contributed by atoms with Crippen molar-refractivity contribution < 1.29 is 10.0 Å². The van der Waals surface area contributed by atoms with Gasteiger partial charge in [0.2, 0.25) is 0 Å². The van der Waals surface area contributed by atoms with Crippen molar-refractivity contribution in [3.63, 3.8) is 0 Å². The van der Waals surface area contributed by atoms with Crippen LogP contribution < -0.4 is 5.73 Å². The van der Waals surface area contributed by atoms with E-state index in [2.05, 4.69) is 21.1 Å². The zero-order valence-corrected chi connectivity index (χ0v) is 11.7. The molecular formula is C12H16BrN3O2. The van der Waals surface area contributed by atoms with E-state index in [1.807, 2.05) is 19.1 Å². The lowest BCUT2D eigenvalue weighted by atomic mass is 10.2. The fourth-order valence-corrected chi connectivity index (χ4v) is 1.74. The van der Waals surface area contributed by atoms with Gasteiger partial charge in [-0.3, -0.25) is 4.79 Å². The van der Waals surface area contributed by atoms with E-state index < -0.39 is 0 Å². The van der Waals surface area contributed by atoms with Crippen LogP contribution in [-0.4, -0.2) is 34.9 Å². The zero-order valence-electron chi connectivity index (χ0n) is 10.1. The summed E-state index contributed by atoms with van der Waals surface area (Å²) in [4.78, 5) is 13.8. The van der Waals surface area contributed by atoms with Gasteiger partial charge in [-0.1, -0.05) is 21.1 Å². The van der Waals surface area contributed by atoms with Crippen molar-refractivity contribution >= 4 is 27.7 Å². The summed E-state index contributed by atoms with van der Waals surface area (Å²) in [6, 6.07) is 7.17. The minimum absolute atomic E-state index is 0.0595. The van der Waals surface area contributed by atoms with Crippen LogP contribution in [0.5, 0.6) is 0 Å². The maximum Gasteiger partial charge on any atom is 0.253 e. The Morgan fingerprint density at radius 3 is 2.56 bits per heavy atom. The third kappa shape index (κ3) is 4.03. The average molecular weight is 314 g/mol. The average Bonchev–Trinajstić information content (AvgIpc) is 2.39. The van der Waals surface area contributed by atoms with Gasteiger partial charge < -0.3 is 15.8 Å². The number of nitrogens with two attached hydrogens (primary N) is 1. The van der Waals surface area contributed by atoms with Crippen LogP contribution in [0.4, 0.5) is 0 Å². The number of amidine groups is 1. The number of rotatable bonds is 5. The number of benzene rings is 1. The highest BCUT2D eigenvalue weighted by atomic mass is 79.9. The lowest BCUT2D eigenvalue weighted by Gasteiger charge is -2.20. The lowest BCUT2D eigenvalue weighted by Crippen LogP contribution is -2.33. The summed E-state index contributed by atoms with van der Waals surface area (Å²) in [6.45, 7) is 2.90. The van der Waals surface area contributed by atoms with Gasteiger partial charge in [-0.25, -0.2) is 0 Å². The summed E-state index contributed by atoms with van der Waals surface area (Å²) < 4.78 is 0.929. The molecule has 1 rings (SSSR count). The first-order chi connectivity index (χ1) is 8.58. The zero-order chi connectivity index (χ0) is 13.5. The molecule has 0 saturated heterocycles. The number of nitrogens with zero attached hydrogens (tertiary/aromatic N) is 2. The molecule has 3 N–H and O–H groups in total. The van der Waals surface area contributed by atoms with E-state index in [-0.39, 0.29) is 11.7 Å². The quantitative estimate of drug-likeness (QED) is 0.378. The SMILES string of the molecule is CCN(CC/C(N)=N/O)C(=O)c1ccc(Br)cc1. The molecule has 0 fully saturated rings. The minimum atomic E-state index is -0.0595. The number of carbonyl (C=O) groups is 1. The van der Waals surface area contributed by atoms with Crippen LogP contribution in [0, 0.1) is 0 Å². The van der Waals surface area contributed by atoms with Gasteiger partial charge in [-0.05, 0) is 31.2 Å². The van der Waals surface area contributed by atoms with Gasteiger partial charge in [-0.2, -0.15) is 0 Å². The van der Waals surface area contributed by atoms with E-state index in [1.165, 1.54) is 0 Å². The molecule has 0 unspecified atom stereocenters. The first-order valence-corrected chi connectivity index (χ1v) is 6.39. The smallest absolute Gasteiger partial charge is 0.253 e. The molecule has 0 atom stereocenters. The number of halogens is 1. The molecule has 0 spiro atoms. The summed E-state index contributed by atoms with van der Waals surface area (Å²) in [6.07, 6.45) is 0.354. The first kappa shape index (κ1) is 14.5. The first-order valence-electron chi connectivity index (χ1n) is 5.59. The predicted octanol–water partition coefficient (Wildman–Crippen LogP) is 2.05. The Bertz CT molecular complexity index is 431. The van der Waals surface area contributed by atoms with Crippen molar-refractivity contribution in [2.75, 3.05) is 13.1 Å². The topological polar surface area (TPSA) is 78.9 Å². The van der Waals surface area contributed by atoms with Crippen LogP contribution in [0.25, 0.3) is 0 Å². The highest BCUT2D eigenvalue weighted by molar-refractivity contribution is 9.10. The number of oxime groups is 1. The highest BCUT2D eigenvalue weighted by Gasteiger charge is 2.14. The molecule has 5 nitrogen and oxygen atoms in total. The molecule has 18 heavy (non-hydrogen) atoms. The number of hydrogen-bond donors (Lipinski definition) is 2. The van der Waals surface area contributed by atoms with E-state index in [0.29, 0.717) is 25.1 Å². The van der Waals surface area contributed by atoms with Crippen LogP contribution >= 0.6 is 15.9 Å². The van der Waals surface area contributed by atoms with Crippen molar-refractivity contribution in [1.82, 2.24) is 4.90 Å². The summed E-state index contributed by atoms with van der Waals surface area (Å²) >= 11 is 3.32. The number of amides is 1. The van der Waals surface area contributed by atoms with Gasteiger partial charge in [0.1, 0.15) is 5.84 Å². The monoisotopic (exact) mass is 313 g/mol. The van der Waals surface area contributed by atoms with Crippen LogP contribution in [-0.2, 0) is 0 Å². The van der Waals surface area contributed by atoms with Gasteiger partial charge in [0.25, 0.3) is 5.91 Å². The summed E-state index contributed by atoms with van der Waals surface area (Å²) in [5.74, 6) is 0.0628. The van der Waals surface area contributed by atoms with Crippen molar-refractivity contribution in [2.24, 2.45) is 10.9 Å². The van der Waals surface area contributed by atoms with Gasteiger partial charge in [0, 0.05) is 29.5 Å². The van der Waals surface area contributed by atoms with Gasteiger partial charge in [-0.15, -0.1) is 0 Å². The molecule has 0 aliphatic carbocycles. The van der Waals surface area contributed by atoms with Gasteiger partial charge in [0.15, 0.2) is 0 Å². The van der Waals surface area contributed by atoms with Crippen LogP contribution in [0.15, 0.2) is 33.9 Å². The van der Waals surface area contributed by atoms with Crippen LogP contribution in [0.1, 0.15) is 23.7 Å². The molecule has 0 saturated carbocycles. The second kappa shape index (κ2) is 7.00. The second-order valence-corrected chi connectivity index (χ2v) is 4.65. The Morgan fingerprint density at radius 1 is 1.44 bits per heavy atom. The third-order valence-corrected chi connectivity index (χ3v) is 3.06. The molecule has 1 aromatic carbocycles. The van der Waals surface area contributed by atoms with Crippen molar-refractivity contribution in [1.29, 1.82) is 0 Å². The molecule has 0 bridgehead atoms. The van der Waals surface area contributed by atoms with Gasteiger partial charge >= 0.3 is 0 Å². The molecule has 1 amide bonds. The Morgan fingerprint density at radius 2 is 2.06 bits per heavy atom. The van der Waals surface area contributed by atoms with E-state index in [0.717, 1.165) is 4.47 Å². The highest BCUT2D eigenvalue weighted by Crippen LogP contribution is 2.12. The molecule has 1 aromatic rings. The largest absolute Gasteiger partial charge is 0.409 e. The Hall–Kier alpha value is -1.56. The van der Waals surface area contributed by atoms with E-state index in [4.69, 9.17) is 10.9 Å². The van der Waals surface area contributed by atoms with E-state index in [9.17, 15) is 4.79 Å². The molecule has 6 heteroatoms. The third-order valence-electron chi connectivity index (χ3n) is 2.53. The number of carbonyl (C=O) groups excluding carboxylic acids is 1. The second-order valence-electron chi connectivity index (χ2n) is 3.73.